The Morgan fingerprint density at radius 3 is 2.56 bits per heavy atom. The van der Waals surface area contributed by atoms with Crippen molar-refractivity contribution in [2.75, 3.05) is 13.7 Å². The molecule has 1 N–H and O–H groups in total. The van der Waals surface area contributed by atoms with Crippen LogP contribution >= 0.6 is 0 Å². The lowest BCUT2D eigenvalue weighted by atomic mass is 9.44. The van der Waals surface area contributed by atoms with E-state index in [-0.39, 0.29) is 34.5 Å². The van der Waals surface area contributed by atoms with Gasteiger partial charge in [0.05, 0.1) is 13.2 Å². The van der Waals surface area contributed by atoms with Gasteiger partial charge in [0.1, 0.15) is 12.0 Å². The molecule has 0 saturated heterocycles. The predicted octanol–water partition coefficient (Wildman–Crippen LogP) is 7.29. The first-order valence-corrected chi connectivity index (χ1v) is 17.3. The highest BCUT2D eigenvalue weighted by molar-refractivity contribution is 6.74. The minimum absolute atomic E-state index is 0.0263. The molecule has 0 aliphatic heterocycles. The molecule has 5 heteroatoms. The minimum Gasteiger partial charge on any atom is -0.497 e. The SMILES string of the molecule is COc1ccc2c(c1)CCC1(C=O)[C@@H]2[C@@H](CCCCCO)C[C@]2(C)[C@@H](O[Si](C)(C)C(C)(C)C)CC[C@@H]12. The molecule has 6 atom stereocenters. The van der Waals surface area contributed by atoms with Crippen molar-refractivity contribution in [2.45, 2.75) is 116 Å². The molecule has 202 valence electrons. The quantitative estimate of drug-likeness (QED) is 0.214. The lowest BCUT2D eigenvalue weighted by molar-refractivity contribution is -0.139. The Kier molecular flexibility index (Phi) is 7.88. The number of carbonyl (C=O) groups is 1. The Bertz CT molecular complexity index is 937. The molecule has 1 unspecified atom stereocenters. The molecule has 0 bridgehead atoms. The fourth-order valence-corrected chi connectivity index (χ4v) is 9.51. The van der Waals surface area contributed by atoms with Crippen LogP contribution in [0.4, 0.5) is 0 Å². The van der Waals surface area contributed by atoms with E-state index in [0.29, 0.717) is 11.8 Å². The number of fused-ring (bicyclic) bond motifs is 5. The molecule has 1 aromatic carbocycles. The summed E-state index contributed by atoms with van der Waals surface area (Å²) in [6, 6.07) is 6.56. The molecule has 3 aliphatic carbocycles. The minimum atomic E-state index is -1.93. The maximum Gasteiger partial charge on any atom is 0.192 e. The number of rotatable bonds is 9. The smallest absolute Gasteiger partial charge is 0.192 e. The van der Waals surface area contributed by atoms with Gasteiger partial charge in [0.2, 0.25) is 0 Å². The van der Waals surface area contributed by atoms with Crippen molar-refractivity contribution in [2.24, 2.45) is 22.7 Å². The Hall–Kier alpha value is -1.17. The molecule has 0 heterocycles. The van der Waals surface area contributed by atoms with Crippen LogP contribution in [0.3, 0.4) is 0 Å². The van der Waals surface area contributed by atoms with Gasteiger partial charge < -0.3 is 19.1 Å². The molecule has 4 rings (SSSR count). The molecule has 3 aliphatic rings. The number of aliphatic hydroxyl groups excluding tert-OH is 1. The molecular formula is C31H50O4Si. The van der Waals surface area contributed by atoms with E-state index in [1.807, 2.05) is 0 Å². The second-order valence-corrected chi connectivity index (χ2v) is 18.6. The van der Waals surface area contributed by atoms with Crippen LogP contribution in [0.5, 0.6) is 5.75 Å². The van der Waals surface area contributed by atoms with E-state index in [0.717, 1.165) is 63.5 Å². The lowest BCUT2D eigenvalue weighted by Gasteiger charge is -2.60. The Morgan fingerprint density at radius 1 is 1.17 bits per heavy atom. The van der Waals surface area contributed by atoms with Crippen LogP contribution in [-0.4, -0.2) is 39.5 Å². The molecule has 4 nitrogen and oxygen atoms in total. The normalized spacial score (nSPS) is 34.0. The van der Waals surface area contributed by atoms with Gasteiger partial charge in [-0.05, 0) is 110 Å². The Balaban J connectivity index is 1.74. The summed E-state index contributed by atoms with van der Waals surface area (Å²) in [6.07, 6.45) is 10.9. The van der Waals surface area contributed by atoms with Crippen molar-refractivity contribution >= 4 is 14.6 Å². The summed E-state index contributed by atoms with van der Waals surface area (Å²) >= 11 is 0. The summed E-state index contributed by atoms with van der Waals surface area (Å²) in [5, 5.41) is 9.53. The Morgan fingerprint density at radius 2 is 1.92 bits per heavy atom. The van der Waals surface area contributed by atoms with Gasteiger partial charge in [0, 0.05) is 12.0 Å². The number of ether oxygens (including phenoxy) is 1. The van der Waals surface area contributed by atoms with E-state index in [1.165, 1.54) is 17.4 Å². The number of aliphatic hydroxyl groups is 1. The highest BCUT2D eigenvalue weighted by Crippen LogP contribution is 2.69. The second kappa shape index (κ2) is 10.2. The van der Waals surface area contributed by atoms with E-state index >= 15 is 0 Å². The first kappa shape index (κ1) is 27.9. The molecule has 1 aromatic rings. The van der Waals surface area contributed by atoms with E-state index < -0.39 is 8.32 Å². The zero-order valence-electron chi connectivity index (χ0n) is 23.9. The topological polar surface area (TPSA) is 55.8 Å². The molecular weight excluding hydrogens is 464 g/mol. The fraction of sp³-hybridized carbons (Fsp3) is 0.774. The summed E-state index contributed by atoms with van der Waals surface area (Å²) in [5.41, 5.74) is 2.46. The van der Waals surface area contributed by atoms with Crippen LogP contribution in [0.1, 0.15) is 96.1 Å². The van der Waals surface area contributed by atoms with Gasteiger partial charge in [-0.1, -0.05) is 46.6 Å². The molecule has 36 heavy (non-hydrogen) atoms. The summed E-state index contributed by atoms with van der Waals surface area (Å²) < 4.78 is 12.7. The summed E-state index contributed by atoms with van der Waals surface area (Å²) in [4.78, 5) is 13.3. The number of methoxy groups -OCH3 is 1. The Labute approximate surface area is 220 Å². The first-order chi connectivity index (χ1) is 16.9. The van der Waals surface area contributed by atoms with E-state index in [1.54, 1.807) is 7.11 Å². The van der Waals surface area contributed by atoms with Crippen molar-refractivity contribution in [1.82, 2.24) is 0 Å². The van der Waals surface area contributed by atoms with Crippen molar-refractivity contribution in [1.29, 1.82) is 0 Å². The maximum absolute atomic E-state index is 13.3. The van der Waals surface area contributed by atoms with Crippen molar-refractivity contribution in [3.8, 4) is 5.75 Å². The second-order valence-electron chi connectivity index (χ2n) is 13.8. The number of hydrogen-bond acceptors (Lipinski definition) is 4. The number of aryl methyl sites for hydroxylation is 1. The van der Waals surface area contributed by atoms with Crippen LogP contribution in [0, 0.1) is 22.7 Å². The molecule has 0 radical (unpaired) electrons. The van der Waals surface area contributed by atoms with E-state index in [2.05, 4.69) is 59.0 Å². The van der Waals surface area contributed by atoms with Gasteiger partial charge in [0.15, 0.2) is 8.32 Å². The highest BCUT2D eigenvalue weighted by Gasteiger charge is 2.65. The van der Waals surface area contributed by atoms with Crippen LogP contribution in [0.15, 0.2) is 18.2 Å². The molecule has 0 aromatic heterocycles. The van der Waals surface area contributed by atoms with E-state index in [4.69, 9.17) is 9.16 Å². The van der Waals surface area contributed by atoms with Crippen molar-refractivity contribution in [3.63, 3.8) is 0 Å². The zero-order valence-corrected chi connectivity index (χ0v) is 24.9. The van der Waals surface area contributed by atoms with Gasteiger partial charge >= 0.3 is 0 Å². The van der Waals surface area contributed by atoms with Gasteiger partial charge in [0.25, 0.3) is 0 Å². The standard InChI is InChI=1S/C31H50O4Si/c1-29(2,3)36(6,7)35-27-15-14-26-30(27,4)20-23(11-9-8-10-18-32)28-25-13-12-24(34-5)19-22(25)16-17-31(26,28)21-33/h12-13,19,21,23,26-28,32H,8-11,14-18,20H2,1-7H3/t23-,26+,27-,28+,30-,31?/m0/s1. The zero-order chi connectivity index (χ0) is 26.4. The predicted molar refractivity (Wildman–Crippen MR) is 149 cm³/mol. The third-order valence-electron chi connectivity index (χ3n) is 10.9. The monoisotopic (exact) mass is 514 g/mol. The number of carbonyl (C=O) groups excluding carboxylic acids is 1. The molecule has 0 spiro atoms. The third kappa shape index (κ3) is 4.62. The van der Waals surface area contributed by atoms with Crippen LogP contribution in [-0.2, 0) is 15.6 Å². The van der Waals surface area contributed by atoms with Crippen molar-refractivity contribution < 1.29 is 19.1 Å². The number of hydrogen-bond donors (Lipinski definition) is 1. The maximum atomic E-state index is 13.3. The molecule has 2 saturated carbocycles. The average molecular weight is 515 g/mol. The number of benzene rings is 1. The molecule has 2 fully saturated rings. The number of aldehydes is 1. The fourth-order valence-electron chi connectivity index (χ4n) is 8.05. The van der Waals surface area contributed by atoms with Gasteiger partial charge in [-0.2, -0.15) is 0 Å². The highest BCUT2D eigenvalue weighted by atomic mass is 28.4. The first-order valence-electron chi connectivity index (χ1n) is 14.4. The van der Waals surface area contributed by atoms with Crippen LogP contribution < -0.4 is 4.74 Å². The van der Waals surface area contributed by atoms with Gasteiger partial charge in [-0.25, -0.2) is 0 Å². The summed E-state index contributed by atoms with van der Waals surface area (Å²) in [6.45, 7) is 14.5. The summed E-state index contributed by atoms with van der Waals surface area (Å²) in [7, 11) is -0.194. The largest absolute Gasteiger partial charge is 0.497 e. The van der Waals surface area contributed by atoms with Crippen LogP contribution in [0.2, 0.25) is 18.1 Å². The average Bonchev–Trinajstić information content (AvgIpc) is 3.15. The lowest BCUT2D eigenvalue weighted by Crippen LogP contribution is -2.57. The third-order valence-corrected chi connectivity index (χ3v) is 15.3. The van der Waals surface area contributed by atoms with Gasteiger partial charge in [-0.15, -0.1) is 0 Å². The van der Waals surface area contributed by atoms with Crippen molar-refractivity contribution in [3.05, 3.63) is 29.3 Å². The van der Waals surface area contributed by atoms with Gasteiger partial charge in [-0.3, -0.25) is 0 Å². The molecule has 0 amide bonds. The van der Waals surface area contributed by atoms with E-state index in [9.17, 15) is 9.90 Å². The summed E-state index contributed by atoms with van der Waals surface area (Å²) in [5.74, 6) is 2.00. The van der Waals surface area contributed by atoms with Crippen LogP contribution in [0.25, 0.3) is 0 Å². The number of unbranched alkanes of at least 4 members (excludes halogenated alkanes) is 2.